The van der Waals surface area contributed by atoms with Crippen molar-refractivity contribution in [3.63, 3.8) is 0 Å². The smallest absolute Gasteiger partial charge is 0.223 e. The van der Waals surface area contributed by atoms with E-state index in [9.17, 15) is 4.79 Å². The van der Waals surface area contributed by atoms with Gasteiger partial charge in [0.05, 0.1) is 11.7 Å². The largest absolute Gasteiger partial charge is 0.355 e. The number of fused-ring (bicyclic) bond motifs is 1. The molecule has 1 spiro atoms. The van der Waals surface area contributed by atoms with Gasteiger partial charge in [0.2, 0.25) is 5.91 Å². The van der Waals surface area contributed by atoms with Crippen LogP contribution in [0.4, 0.5) is 0 Å². The molecule has 5 rings (SSSR count). The van der Waals surface area contributed by atoms with Crippen molar-refractivity contribution in [2.45, 2.75) is 32.2 Å². The second-order valence-corrected chi connectivity index (χ2v) is 8.87. The van der Waals surface area contributed by atoms with Gasteiger partial charge in [-0.25, -0.2) is 0 Å². The summed E-state index contributed by atoms with van der Waals surface area (Å²) in [4.78, 5) is 19.4. The van der Waals surface area contributed by atoms with Gasteiger partial charge in [-0.05, 0) is 67.6 Å². The predicted molar refractivity (Wildman–Crippen MR) is 113 cm³/mol. The van der Waals surface area contributed by atoms with Crippen molar-refractivity contribution in [1.82, 2.24) is 23.9 Å². The quantitative estimate of drug-likeness (QED) is 0.680. The van der Waals surface area contributed by atoms with Crippen molar-refractivity contribution in [2.24, 2.45) is 11.3 Å². The zero-order chi connectivity index (χ0) is 19.7. The molecule has 0 unspecified atom stereocenters. The average molecular weight is 408 g/mol. The van der Waals surface area contributed by atoms with Gasteiger partial charge in [0, 0.05) is 37.3 Å². The Morgan fingerprint density at radius 2 is 2.03 bits per heavy atom. The molecule has 3 heterocycles. The Labute approximate surface area is 174 Å². The summed E-state index contributed by atoms with van der Waals surface area (Å²) in [5.41, 5.74) is 4.53. The van der Waals surface area contributed by atoms with E-state index in [1.165, 1.54) is 17.3 Å². The zero-order valence-corrected chi connectivity index (χ0v) is 17.2. The van der Waals surface area contributed by atoms with E-state index in [2.05, 4.69) is 42.1 Å². The first-order chi connectivity index (χ1) is 14.2. The third kappa shape index (κ3) is 4.02. The average Bonchev–Trinajstić information content (AvgIpc) is 3.24. The van der Waals surface area contributed by atoms with Crippen LogP contribution in [-0.4, -0.2) is 44.2 Å². The molecule has 1 aromatic carbocycles. The van der Waals surface area contributed by atoms with Gasteiger partial charge in [0.1, 0.15) is 11.0 Å². The van der Waals surface area contributed by atoms with Crippen molar-refractivity contribution in [2.75, 3.05) is 19.6 Å². The van der Waals surface area contributed by atoms with Crippen LogP contribution in [0, 0.1) is 11.3 Å². The van der Waals surface area contributed by atoms with Crippen LogP contribution in [-0.2, 0) is 17.8 Å². The summed E-state index contributed by atoms with van der Waals surface area (Å²) in [6.07, 6.45) is 5.87. The lowest BCUT2D eigenvalue weighted by Crippen LogP contribution is -2.37. The monoisotopic (exact) mass is 407 g/mol. The molecule has 0 bridgehead atoms. The van der Waals surface area contributed by atoms with E-state index >= 15 is 0 Å². The molecule has 2 aromatic heterocycles. The fourth-order valence-corrected chi connectivity index (χ4v) is 5.11. The third-order valence-electron chi connectivity index (χ3n) is 6.49. The Balaban J connectivity index is 1.09. The van der Waals surface area contributed by atoms with Crippen molar-refractivity contribution >= 4 is 28.7 Å². The molecule has 2 fully saturated rings. The summed E-state index contributed by atoms with van der Waals surface area (Å²) in [5.74, 6) is 0.432. The lowest BCUT2D eigenvalue weighted by Gasteiger charge is -2.32. The standard InChI is InChI=1S/C22H25N5OS/c28-21(24-10-6-17-3-1-2-9-23-17)18-14-22(18)7-11-27(12-8-22)15-16-4-5-19-20(13-16)26-29-25-19/h1-5,9,13,18H,6-8,10-12,14-15H2,(H,24,28)/t18-/m1/s1. The molecule has 1 saturated heterocycles. The van der Waals surface area contributed by atoms with Gasteiger partial charge < -0.3 is 5.32 Å². The summed E-state index contributed by atoms with van der Waals surface area (Å²) in [6, 6.07) is 12.3. The number of amides is 1. The van der Waals surface area contributed by atoms with Gasteiger partial charge in [-0.2, -0.15) is 8.75 Å². The minimum Gasteiger partial charge on any atom is -0.355 e. The molecular formula is C22H25N5OS. The van der Waals surface area contributed by atoms with Crippen LogP contribution in [0.5, 0.6) is 0 Å². The number of rotatable bonds is 6. The number of aromatic nitrogens is 3. The molecule has 0 radical (unpaired) electrons. The second-order valence-electron chi connectivity index (χ2n) is 8.34. The predicted octanol–water partition coefficient (Wildman–Crippen LogP) is 3.05. The van der Waals surface area contributed by atoms with Crippen LogP contribution in [0.3, 0.4) is 0 Å². The molecule has 150 valence electrons. The van der Waals surface area contributed by atoms with Gasteiger partial charge in [-0.3, -0.25) is 14.7 Å². The maximum atomic E-state index is 12.6. The highest BCUT2D eigenvalue weighted by molar-refractivity contribution is 7.00. The van der Waals surface area contributed by atoms with Gasteiger partial charge in [-0.15, -0.1) is 0 Å². The van der Waals surface area contributed by atoms with Gasteiger partial charge in [0.25, 0.3) is 0 Å². The lowest BCUT2D eigenvalue weighted by atomic mass is 9.90. The summed E-state index contributed by atoms with van der Waals surface area (Å²) in [5, 5.41) is 3.13. The molecule has 1 amide bonds. The molecule has 1 atom stereocenters. The van der Waals surface area contributed by atoms with Crippen LogP contribution < -0.4 is 5.32 Å². The molecule has 1 N–H and O–H groups in total. The van der Waals surface area contributed by atoms with E-state index in [1.54, 1.807) is 6.20 Å². The van der Waals surface area contributed by atoms with Crippen molar-refractivity contribution in [3.8, 4) is 0 Å². The molecule has 1 aliphatic carbocycles. The molecule has 3 aromatic rings. The molecule has 7 heteroatoms. The van der Waals surface area contributed by atoms with Gasteiger partial charge in [-0.1, -0.05) is 12.1 Å². The van der Waals surface area contributed by atoms with E-state index in [0.717, 1.165) is 62.0 Å². The first-order valence-electron chi connectivity index (χ1n) is 10.3. The summed E-state index contributed by atoms with van der Waals surface area (Å²) in [6.45, 7) is 3.74. The SMILES string of the molecule is O=C(NCCc1ccccn1)[C@H]1CC12CCN(Cc1ccc3nsnc3c1)CC2. The van der Waals surface area contributed by atoms with E-state index in [-0.39, 0.29) is 17.2 Å². The molecule has 2 aliphatic rings. The van der Waals surface area contributed by atoms with E-state index < -0.39 is 0 Å². The minimum atomic E-state index is 0.200. The third-order valence-corrected chi connectivity index (χ3v) is 7.05. The topological polar surface area (TPSA) is 71.0 Å². The molecule has 1 aliphatic heterocycles. The number of likely N-dealkylation sites (tertiary alicyclic amines) is 1. The van der Waals surface area contributed by atoms with Gasteiger partial charge >= 0.3 is 0 Å². The lowest BCUT2D eigenvalue weighted by molar-refractivity contribution is -0.123. The number of pyridine rings is 1. The highest BCUT2D eigenvalue weighted by Gasteiger charge is 2.58. The maximum Gasteiger partial charge on any atom is 0.223 e. The summed E-state index contributed by atoms with van der Waals surface area (Å²) < 4.78 is 8.62. The van der Waals surface area contributed by atoms with E-state index in [1.807, 2.05) is 18.2 Å². The number of carbonyl (C=O) groups is 1. The van der Waals surface area contributed by atoms with Crippen LogP contribution in [0.1, 0.15) is 30.5 Å². The fourth-order valence-electron chi connectivity index (χ4n) is 4.59. The second kappa shape index (κ2) is 7.80. The highest BCUT2D eigenvalue weighted by atomic mass is 32.1. The van der Waals surface area contributed by atoms with E-state index in [0.29, 0.717) is 6.54 Å². The first-order valence-corrected chi connectivity index (χ1v) is 11.1. The number of benzene rings is 1. The number of nitrogens with zero attached hydrogens (tertiary/aromatic N) is 4. The molecule has 6 nitrogen and oxygen atoms in total. The Kier molecular flexibility index (Phi) is 5.01. The van der Waals surface area contributed by atoms with Crippen LogP contribution in [0.2, 0.25) is 0 Å². The number of nitrogens with one attached hydrogen (secondary N) is 1. The first kappa shape index (κ1) is 18.6. The summed E-state index contributed by atoms with van der Waals surface area (Å²) >= 11 is 1.27. The van der Waals surface area contributed by atoms with Gasteiger partial charge in [0.15, 0.2) is 0 Å². The van der Waals surface area contributed by atoms with E-state index in [4.69, 9.17) is 0 Å². The number of hydrogen-bond acceptors (Lipinski definition) is 6. The number of piperidine rings is 1. The Morgan fingerprint density at radius 1 is 1.17 bits per heavy atom. The highest BCUT2D eigenvalue weighted by Crippen LogP contribution is 2.59. The summed E-state index contributed by atoms with van der Waals surface area (Å²) in [7, 11) is 0. The van der Waals surface area contributed by atoms with Crippen LogP contribution in [0.25, 0.3) is 11.0 Å². The maximum absolute atomic E-state index is 12.6. The van der Waals surface area contributed by atoms with Crippen LogP contribution >= 0.6 is 11.7 Å². The molecular weight excluding hydrogens is 382 g/mol. The molecule has 29 heavy (non-hydrogen) atoms. The Bertz CT molecular complexity index is 997. The van der Waals surface area contributed by atoms with Crippen molar-refractivity contribution in [1.29, 1.82) is 0 Å². The number of hydrogen-bond donors (Lipinski definition) is 1. The Morgan fingerprint density at radius 3 is 2.86 bits per heavy atom. The van der Waals surface area contributed by atoms with Crippen molar-refractivity contribution in [3.05, 3.63) is 53.9 Å². The minimum absolute atomic E-state index is 0.200. The normalized spacial score (nSPS) is 20.8. The Hall–Kier alpha value is -2.38. The van der Waals surface area contributed by atoms with Crippen LogP contribution in [0.15, 0.2) is 42.6 Å². The molecule has 1 saturated carbocycles. The van der Waals surface area contributed by atoms with Crippen molar-refractivity contribution < 1.29 is 4.79 Å². The fraction of sp³-hybridized carbons (Fsp3) is 0.455. The number of carbonyl (C=O) groups excluding carboxylic acids is 1. The zero-order valence-electron chi connectivity index (χ0n) is 16.4.